The van der Waals surface area contributed by atoms with E-state index in [9.17, 15) is 16.8 Å². The van der Waals surface area contributed by atoms with Crippen molar-refractivity contribution >= 4 is 19.9 Å². The molecule has 0 aliphatic rings. The molecule has 0 aromatic heterocycles. The monoisotopic (exact) mass is 268 g/mol. The lowest BCUT2D eigenvalue weighted by Gasteiger charge is -2.20. The van der Waals surface area contributed by atoms with Crippen molar-refractivity contribution in [3.63, 3.8) is 0 Å². The van der Waals surface area contributed by atoms with Crippen molar-refractivity contribution in [3.05, 3.63) is 0 Å². The average molecular weight is 268 g/mol. The van der Waals surface area contributed by atoms with Gasteiger partial charge in [-0.25, -0.2) is 21.1 Å². The van der Waals surface area contributed by atoms with E-state index < -0.39 is 30.9 Å². The summed E-state index contributed by atoms with van der Waals surface area (Å²) in [5, 5.41) is 7.68. The molecule has 6 nitrogen and oxygen atoms in total. The van der Waals surface area contributed by atoms with Gasteiger partial charge in [0.1, 0.15) is 0 Å². The number of rotatable bonds is 6. The zero-order chi connectivity index (χ0) is 13.0. The summed E-state index contributed by atoms with van der Waals surface area (Å²) in [4.78, 5) is 0. The van der Waals surface area contributed by atoms with Crippen LogP contribution in [-0.4, -0.2) is 45.6 Å². The Morgan fingerprint density at radius 2 is 1.81 bits per heavy atom. The van der Waals surface area contributed by atoms with Crippen LogP contribution in [0.1, 0.15) is 13.8 Å². The molecule has 0 radical (unpaired) electrons. The Morgan fingerprint density at radius 1 is 1.31 bits per heavy atom. The van der Waals surface area contributed by atoms with Gasteiger partial charge in [-0.15, -0.1) is 0 Å². The lowest BCUT2D eigenvalue weighted by molar-refractivity contribution is 0.402. The standard InChI is InChI=1S/C8H16N2O4S2/c1-4-10(6-8(2)5-9)16(13,14)7-15(3,11)12/h8H,4,6-7H2,1-3H3. The molecule has 0 aliphatic carbocycles. The number of nitrogens with zero attached hydrogens (tertiary/aromatic N) is 2. The summed E-state index contributed by atoms with van der Waals surface area (Å²) < 4.78 is 46.3. The van der Waals surface area contributed by atoms with Crippen LogP contribution < -0.4 is 0 Å². The van der Waals surface area contributed by atoms with Gasteiger partial charge in [-0.2, -0.15) is 5.26 Å². The lowest BCUT2D eigenvalue weighted by atomic mass is 10.2. The highest BCUT2D eigenvalue weighted by Gasteiger charge is 2.26. The first kappa shape index (κ1) is 15.3. The van der Waals surface area contributed by atoms with Crippen molar-refractivity contribution < 1.29 is 16.8 Å². The minimum atomic E-state index is -3.84. The third-order valence-corrected chi connectivity index (χ3v) is 5.91. The fourth-order valence-corrected chi connectivity index (χ4v) is 4.74. The van der Waals surface area contributed by atoms with Crippen LogP contribution in [0.4, 0.5) is 0 Å². The molecule has 0 rings (SSSR count). The molecule has 0 heterocycles. The molecule has 0 N–H and O–H groups in total. The van der Waals surface area contributed by atoms with Crippen LogP contribution >= 0.6 is 0 Å². The average Bonchev–Trinajstić information content (AvgIpc) is 2.09. The van der Waals surface area contributed by atoms with Gasteiger partial charge in [0.05, 0.1) is 12.0 Å². The first-order valence-corrected chi connectivity index (χ1v) is 8.34. The van der Waals surface area contributed by atoms with Crippen molar-refractivity contribution in [2.75, 3.05) is 24.4 Å². The van der Waals surface area contributed by atoms with Crippen molar-refractivity contribution in [1.82, 2.24) is 4.31 Å². The Bertz CT molecular complexity index is 461. The van der Waals surface area contributed by atoms with Crippen molar-refractivity contribution in [2.45, 2.75) is 13.8 Å². The molecule has 0 aliphatic heterocycles. The maximum Gasteiger partial charge on any atom is 0.228 e. The maximum absolute atomic E-state index is 11.7. The zero-order valence-electron chi connectivity index (χ0n) is 9.54. The van der Waals surface area contributed by atoms with Crippen LogP contribution in [0.2, 0.25) is 0 Å². The molecule has 0 saturated heterocycles. The lowest BCUT2D eigenvalue weighted by Crippen LogP contribution is -2.37. The SMILES string of the molecule is CCN(CC(C)C#N)S(=O)(=O)CS(C)(=O)=O. The zero-order valence-corrected chi connectivity index (χ0v) is 11.2. The van der Waals surface area contributed by atoms with Crippen LogP contribution in [0.3, 0.4) is 0 Å². The van der Waals surface area contributed by atoms with Crippen LogP contribution in [0.5, 0.6) is 0 Å². The van der Waals surface area contributed by atoms with Crippen LogP contribution in [-0.2, 0) is 19.9 Å². The van der Waals surface area contributed by atoms with E-state index in [2.05, 4.69) is 0 Å². The number of hydrogen-bond acceptors (Lipinski definition) is 5. The highest BCUT2D eigenvalue weighted by Crippen LogP contribution is 2.08. The van der Waals surface area contributed by atoms with Crippen LogP contribution in [0.15, 0.2) is 0 Å². The first-order chi connectivity index (χ1) is 7.12. The van der Waals surface area contributed by atoms with E-state index >= 15 is 0 Å². The summed E-state index contributed by atoms with van der Waals surface area (Å²) in [6.07, 6.45) is 0.867. The van der Waals surface area contributed by atoms with Gasteiger partial charge < -0.3 is 0 Å². The highest BCUT2D eigenvalue weighted by atomic mass is 32.3. The molecule has 0 fully saturated rings. The Balaban J connectivity index is 4.91. The fraction of sp³-hybridized carbons (Fsp3) is 0.875. The van der Waals surface area contributed by atoms with Gasteiger partial charge in [0.2, 0.25) is 10.0 Å². The second-order valence-electron chi connectivity index (χ2n) is 3.64. The van der Waals surface area contributed by atoms with Gasteiger partial charge in [-0.1, -0.05) is 6.92 Å². The van der Waals surface area contributed by atoms with Gasteiger partial charge in [0, 0.05) is 19.3 Å². The summed E-state index contributed by atoms with van der Waals surface area (Å²) in [7, 11) is -7.43. The first-order valence-electron chi connectivity index (χ1n) is 4.67. The van der Waals surface area contributed by atoms with Crippen molar-refractivity contribution in [2.24, 2.45) is 5.92 Å². The molecular weight excluding hydrogens is 252 g/mol. The van der Waals surface area contributed by atoms with Gasteiger partial charge in [-0.05, 0) is 6.92 Å². The van der Waals surface area contributed by atoms with Crippen molar-refractivity contribution in [3.8, 4) is 6.07 Å². The molecular formula is C8H16N2O4S2. The number of hydrogen-bond donors (Lipinski definition) is 0. The largest absolute Gasteiger partial charge is 0.228 e. The molecule has 0 spiro atoms. The summed E-state index contributed by atoms with van der Waals surface area (Å²) in [5.74, 6) is -0.464. The van der Waals surface area contributed by atoms with E-state index in [1.807, 2.05) is 6.07 Å². The predicted octanol–water partition coefficient (Wildman–Crippen LogP) is -0.200. The molecule has 94 valence electrons. The number of nitriles is 1. The van der Waals surface area contributed by atoms with E-state index in [1.54, 1.807) is 13.8 Å². The Labute approximate surface area is 96.8 Å². The summed E-state index contributed by atoms with van der Waals surface area (Å²) in [6, 6.07) is 1.91. The molecule has 1 atom stereocenters. The molecule has 0 saturated carbocycles. The minimum absolute atomic E-state index is 0.0187. The minimum Gasteiger partial charge on any atom is -0.228 e. The Kier molecular flexibility index (Phi) is 5.38. The van der Waals surface area contributed by atoms with Crippen LogP contribution in [0.25, 0.3) is 0 Å². The third-order valence-electron chi connectivity index (χ3n) is 1.81. The maximum atomic E-state index is 11.7. The smallest absolute Gasteiger partial charge is 0.228 e. The molecule has 0 aromatic rings. The van der Waals surface area contributed by atoms with E-state index in [0.717, 1.165) is 10.6 Å². The highest BCUT2D eigenvalue weighted by molar-refractivity contribution is 8.06. The number of sulfone groups is 1. The van der Waals surface area contributed by atoms with Gasteiger partial charge in [0.15, 0.2) is 14.9 Å². The summed E-state index contributed by atoms with van der Waals surface area (Å²) in [5.41, 5.74) is 0. The topological polar surface area (TPSA) is 95.3 Å². The molecule has 1 unspecified atom stereocenters. The third kappa shape index (κ3) is 5.44. The normalized spacial score (nSPS) is 14.7. The summed E-state index contributed by atoms with van der Waals surface area (Å²) >= 11 is 0. The van der Waals surface area contributed by atoms with Gasteiger partial charge in [-0.3, -0.25) is 0 Å². The second kappa shape index (κ2) is 5.61. The summed E-state index contributed by atoms with van der Waals surface area (Å²) in [6.45, 7) is 3.36. The van der Waals surface area contributed by atoms with Gasteiger partial charge >= 0.3 is 0 Å². The fourth-order valence-electron chi connectivity index (χ4n) is 1.13. The molecule has 8 heteroatoms. The quantitative estimate of drug-likeness (QED) is 0.664. The Hall–Kier alpha value is -0.650. The van der Waals surface area contributed by atoms with E-state index in [0.29, 0.717) is 0 Å². The number of sulfonamides is 1. The molecule has 0 bridgehead atoms. The molecule has 16 heavy (non-hydrogen) atoms. The second-order valence-corrected chi connectivity index (χ2v) is 8.11. The molecule has 0 amide bonds. The van der Waals surface area contributed by atoms with E-state index in [4.69, 9.17) is 5.26 Å². The van der Waals surface area contributed by atoms with Gasteiger partial charge in [0.25, 0.3) is 0 Å². The Morgan fingerprint density at radius 3 is 2.12 bits per heavy atom. The van der Waals surface area contributed by atoms with Crippen molar-refractivity contribution in [1.29, 1.82) is 5.26 Å². The predicted molar refractivity (Wildman–Crippen MR) is 60.7 cm³/mol. The van der Waals surface area contributed by atoms with Crippen LogP contribution in [0, 0.1) is 17.2 Å². The van der Waals surface area contributed by atoms with E-state index in [1.165, 1.54) is 0 Å². The van der Waals surface area contributed by atoms with E-state index in [-0.39, 0.29) is 13.1 Å². The molecule has 0 aromatic carbocycles.